The molecule has 2 aromatic rings. The maximum absolute atomic E-state index is 13.4. The molecule has 0 radical (unpaired) electrons. The number of halogens is 3. The van der Waals surface area contributed by atoms with Crippen molar-refractivity contribution in [2.24, 2.45) is 5.73 Å². The quantitative estimate of drug-likeness (QED) is 0.868. The van der Waals surface area contributed by atoms with Crippen molar-refractivity contribution in [3.63, 3.8) is 0 Å². The Bertz CT molecular complexity index is 580. The van der Waals surface area contributed by atoms with Crippen LogP contribution in [0.2, 0.25) is 5.02 Å². The van der Waals surface area contributed by atoms with Gasteiger partial charge in [-0.25, -0.2) is 4.39 Å². The van der Waals surface area contributed by atoms with E-state index in [1.165, 1.54) is 12.1 Å². The minimum Gasteiger partial charge on any atom is -0.456 e. The first kappa shape index (κ1) is 13.3. The van der Waals surface area contributed by atoms with Crippen LogP contribution in [0.1, 0.15) is 5.56 Å². The Balaban J connectivity index is 2.37. The van der Waals surface area contributed by atoms with Crippen LogP contribution < -0.4 is 10.5 Å². The summed E-state index contributed by atoms with van der Waals surface area (Å²) in [5.41, 5.74) is 6.31. The van der Waals surface area contributed by atoms with Gasteiger partial charge in [0.2, 0.25) is 0 Å². The molecule has 0 bridgehead atoms. The van der Waals surface area contributed by atoms with Gasteiger partial charge in [0.25, 0.3) is 0 Å². The molecule has 18 heavy (non-hydrogen) atoms. The van der Waals surface area contributed by atoms with Crippen LogP contribution in [-0.2, 0) is 6.54 Å². The molecule has 0 saturated heterocycles. The Morgan fingerprint density at radius 2 is 2.17 bits per heavy atom. The van der Waals surface area contributed by atoms with Gasteiger partial charge in [-0.2, -0.15) is 0 Å². The molecule has 1 heterocycles. The van der Waals surface area contributed by atoms with Crippen molar-refractivity contribution in [1.82, 2.24) is 4.98 Å². The lowest BCUT2D eigenvalue weighted by Gasteiger charge is -2.11. The molecule has 6 heteroatoms. The number of pyridine rings is 1. The summed E-state index contributed by atoms with van der Waals surface area (Å²) in [4.78, 5) is 3.94. The maximum atomic E-state index is 13.4. The Labute approximate surface area is 117 Å². The molecule has 2 rings (SSSR count). The summed E-state index contributed by atoms with van der Waals surface area (Å²) in [5.74, 6) is 0.325. The van der Waals surface area contributed by atoms with Crippen LogP contribution in [0.3, 0.4) is 0 Å². The summed E-state index contributed by atoms with van der Waals surface area (Å²) in [6.45, 7) is 0.289. The number of aromatic nitrogens is 1. The lowest BCUT2D eigenvalue weighted by molar-refractivity contribution is 0.467. The van der Waals surface area contributed by atoms with Gasteiger partial charge in [0.15, 0.2) is 0 Å². The van der Waals surface area contributed by atoms with Gasteiger partial charge in [-0.3, -0.25) is 4.98 Å². The van der Waals surface area contributed by atoms with Crippen LogP contribution in [0, 0.1) is 5.82 Å². The maximum Gasteiger partial charge on any atom is 0.145 e. The molecule has 0 amide bonds. The van der Waals surface area contributed by atoms with E-state index in [0.29, 0.717) is 16.0 Å². The molecule has 0 spiro atoms. The third-order valence-electron chi connectivity index (χ3n) is 2.27. The first-order valence-corrected chi connectivity index (χ1v) is 6.24. The lowest BCUT2D eigenvalue weighted by Crippen LogP contribution is -2.00. The predicted octanol–water partition coefficient (Wildman–Crippen LogP) is 3.89. The van der Waals surface area contributed by atoms with Gasteiger partial charge in [0.1, 0.15) is 17.3 Å². The van der Waals surface area contributed by atoms with Crippen molar-refractivity contribution in [2.75, 3.05) is 0 Å². The van der Waals surface area contributed by atoms with Crippen LogP contribution in [0.4, 0.5) is 4.39 Å². The summed E-state index contributed by atoms with van der Waals surface area (Å²) in [7, 11) is 0. The first-order valence-electron chi connectivity index (χ1n) is 5.07. The molecule has 2 N–H and O–H groups in total. The normalized spacial score (nSPS) is 10.4. The predicted molar refractivity (Wildman–Crippen MR) is 71.3 cm³/mol. The molecule has 0 fully saturated rings. The standard InChI is InChI=1S/C12H9BrClFN2O/c13-8-3-9(14)10(15)4-12(8)18-11-1-2-17-6-7(11)5-16/h1-4,6H,5,16H2. The second-order valence-corrected chi connectivity index (χ2v) is 4.75. The van der Waals surface area contributed by atoms with Crippen molar-refractivity contribution < 1.29 is 9.13 Å². The fraction of sp³-hybridized carbons (Fsp3) is 0.0833. The van der Waals surface area contributed by atoms with Crippen molar-refractivity contribution in [2.45, 2.75) is 6.54 Å². The Morgan fingerprint density at radius 3 is 2.89 bits per heavy atom. The molecule has 0 atom stereocenters. The van der Waals surface area contributed by atoms with Gasteiger partial charge in [-0.1, -0.05) is 11.6 Å². The van der Waals surface area contributed by atoms with E-state index in [2.05, 4.69) is 20.9 Å². The molecule has 3 nitrogen and oxygen atoms in total. The van der Waals surface area contributed by atoms with E-state index in [1.807, 2.05) is 0 Å². The van der Waals surface area contributed by atoms with Crippen LogP contribution in [0.25, 0.3) is 0 Å². The van der Waals surface area contributed by atoms with Gasteiger partial charge in [0, 0.05) is 30.6 Å². The van der Waals surface area contributed by atoms with Gasteiger partial charge in [-0.15, -0.1) is 0 Å². The summed E-state index contributed by atoms with van der Waals surface area (Å²) >= 11 is 8.92. The van der Waals surface area contributed by atoms with Crippen LogP contribution in [-0.4, -0.2) is 4.98 Å². The van der Waals surface area contributed by atoms with E-state index in [1.54, 1.807) is 18.5 Å². The average molecular weight is 332 g/mol. The SMILES string of the molecule is NCc1cnccc1Oc1cc(F)c(Cl)cc1Br. The monoisotopic (exact) mass is 330 g/mol. The smallest absolute Gasteiger partial charge is 0.145 e. The van der Waals surface area contributed by atoms with Crippen LogP contribution in [0.15, 0.2) is 35.1 Å². The molecule has 0 saturated carbocycles. The van der Waals surface area contributed by atoms with E-state index in [-0.39, 0.29) is 11.6 Å². The lowest BCUT2D eigenvalue weighted by atomic mass is 10.2. The highest BCUT2D eigenvalue weighted by molar-refractivity contribution is 9.10. The zero-order valence-electron chi connectivity index (χ0n) is 9.16. The van der Waals surface area contributed by atoms with Gasteiger partial charge in [-0.05, 0) is 28.1 Å². The molecule has 0 unspecified atom stereocenters. The third kappa shape index (κ3) is 2.80. The molecule has 0 aliphatic rings. The second kappa shape index (κ2) is 5.65. The van der Waals surface area contributed by atoms with Crippen molar-refractivity contribution in [1.29, 1.82) is 0 Å². The molecule has 1 aromatic heterocycles. The highest BCUT2D eigenvalue weighted by atomic mass is 79.9. The molecule has 94 valence electrons. The Kier molecular flexibility index (Phi) is 4.16. The molecular weight excluding hydrogens is 322 g/mol. The number of rotatable bonds is 3. The highest BCUT2D eigenvalue weighted by Gasteiger charge is 2.10. The topological polar surface area (TPSA) is 48.1 Å². The summed E-state index contributed by atoms with van der Waals surface area (Å²) in [5, 5.41) is 0.0306. The van der Waals surface area contributed by atoms with Crippen LogP contribution in [0.5, 0.6) is 11.5 Å². The minimum atomic E-state index is -0.543. The number of hydrogen-bond donors (Lipinski definition) is 1. The molecular formula is C12H9BrClFN2O. The van der Waals surface area contributed by atoms with Crippen molar-refractivity contribution in [3.8, 4) is 11.5 Å². The molecule has 1 aromatic carbocycles. The molecule has 0 aliphatic carbocycles. The van der Waals surface area contributed by atoms with E-state index in [9.17, 15) is 4.39 Å². The fourth-order valence-electron chi connectivity index (χ4n) is 1.37. The summed E-state index contributed by atoms with van der Waals surface area (Å²) in [6, 6.07) is 4.32. The van der Waals surface area contributed by atoms with Crippen molar-refractivity contribution >= 4 is 27.5 Å². The summed E-state index contributed by atoms with van der Waals surface area (Å²) in [6.07, 6.45) is 3.18. The molecule has 0 aliphatic heterocycles. The van der Waals surface area contributed by atoms with Gasteiger partial charge >= 0.3 is 0 Å². The zero-order valence-corrected chi connectivity index (χ0v) is 11.5. The minimum absolute atomic E-state index is 0.0306. The fourth-order valence-corrected chi connectivity index (χ4v) is 2.09. The van der Waals surface area contributed by atoms with E-state index in [0.717, 1.165) is 5.56 Å². The number of nitrogens with zero attached hydrogens (tertiary/aromatic N) is 1. The first-order chi connectivity index (χ1) is 8.61. The largest absolute Gasteiger partial charge is 0.456 e. The second-order valence-electron chi connectivity index (χ2n) is 3.49. The number of ether oxygens (including phenoxy) is 1. The van der Waals surface area contributed by atoms with Crippen molar-refractivity contribution in [3.05, 3.63) is 51.5 Å². The van der Waals surface area contributed by atoms with Gasteiger partial charge in [0.05, 0.1) is 9.50 Å². The van der Waals surface area contributed by atoms with Crippen LogP contribution >= 0.6 is 27.5 Å². The third-order valence-corrected chi connectivity index (χ3v) is 3.18. The van der Waals surface area contributed by atoms with E-state index >= 15 is 0 Å². The number of hydrogen-bond acceptors (Lipinski definition) is 3. The zero-order chi connectivity index (χ0) is 13.1. The Hall–Kier alpha value is -1.17. The van der Waals surface area contributed by atoms with Gasteiger partial charge < -0.3 is 10.5 Å². The Morgan fingerprint density at radius 1 is 1.39 bits per heavy atom. The average Bonchev–Trinajstić information content (AvgIpc) is 2.36. The highest BCUT2D eigenvalue weighted by Crippen LogP contribution is 2.34. The number of benzene rings is 1. The summed E-state index contributed by atoms with van der Waals surface area (Å²) < 4.78 is 19.5. The van der Waals surface area contributed by atoms with E-state index < -0.39 is 5.82 Å². The number of nitrogens with two attached hydrogens (primary N) is 1. The van der Waals surface area contributed by atoms with E-state index in [4.69, 9.17) is 22.1 Å².